The molecule has 2 rings (SSSR count). The summed E-state index contributed by atoms with van der Waals surface area (Å²) >= 11 is 0. The Morgan fingerprint density at radius 3 is 3.08 bits per heavy atom. The van der Waals surface area contributed by atoms with Crippen LogP contribution in [0.2, 0.25) is 0 Å². The van der Waals surface area contributed by atoms with Crippen molar-refractivity contribution in [3.05, 3.63) is 24.2 Å². The third-order valence-corrected chi connectivity index (χ3v) is 1.64. The van der Waals surface area contributed by atoms with Crippen LogP contribution in [0, 0.1) is 0 Å². The smallest absolute Gasteiger partial charge is 0.178 e. The number of carbonyl (C=O) groups is 1. The molecule has 0 aromatic carbocycles. The fraction of sp³-hybridized carbons (Fsp3) is 0.125. The molecule has 2 aromatic rings. The first-order valence-corrected chi connectivity index (χ1v) is 3.58. The number of rotatable bonds is 1. The molecule has 0 aliphatic carbocycles. The molecule has 12 heavy (non-hydrogen) atoms. The van der Waals surface area contributed by atoms with Crippen LogP contribution in [0.3, 0.4) is 0 Å². The Kier molecular flexibility index (Phi) is 1.40. The quantitative estimate of drug-likeness (QED) is 0.638. The lowest BCUT2D eigenvalue weighted by Gasteiger charge is -1.92. The summed E-state index contributed by atoms with van der Waals surface area (Å²) in [6.45, 7) is 1.49. The van der Waals surface area contributed by atoms with E-state index in [2.05, 4.69) is 15.0 Å². The molecule has 0 fully saturated rings. The Bertz CT molecular complexity index is 433. The van der Waals surface area contributed by atoms with Gasteiger partial charge in [-0.05, 0) is 12.1 Å². The van der Waals surface area contributed by atoms with E-state index in [-0.39, 0.29) is 5.78 Å². The maximum absolute atomic E-state index is 10.9. The molecular formula is C8H7N3O. The first-order valence-electron chi connectivity index (χ1n) is 3.58. The van der Waals surface area contributed by atoms with Crippen molar-refractivity contribution < 1.29 is 4.79 Å². The van der Waals surface area contributed by atoms with Crippen LogP contribution in [0.25, 0.3) is 11.2 Å². The van der Waals surface area contributed by atoms with Crippen LogP contribution in [0.15, 0.2) is 18.5 Å². The number of H-pyrrole nitrogens is 1. The van der Waals surface area contributed by atoms with E-state index in [9.17, 15) is 4.79 Å². The topological polar surface area (TPSA) is 58.6 Å². The number of hydrogen-bond acceptors (Lipinski definition) is 3. The Balaban J connectivity index is 2.68. The maximum Gasteiger partial charge on any atom is 0.178 e. The summed E-state index contributed by atoms with van der Waals surface area (Å²) < 4.78 is 0. The van der Waals surface area contributed by atoms with E-state index in [1.54, 1.807) is 18.5 Å². The summed E-state index contributed by atoms with van der Waals surface area (Å²) in [5, 5.41) is 0. The van der Waals surface area contributed by atoms with E-state index in [4.69, 9.17) is 0 Å². The Hall–Kier alpha value is -1.71. The number of fused-ring (bicyclic) bond motifs is 1. The van der Waals surface area contributed by atoms with Crippen LogP contribution in [-0.4, -0.2) is 20.7 Å². The molecule has 0 saturated heterocycles. The SMILES string of the molecule is CC(=O)c1ccc2[nH]cnc2n1. The average Bonchev–Trinajstić information content (AvgIpc) is 2.49. The molecule has 0 atom stereocenters. The van der Waals surface area contributed by atoms with Crippen molar-refractivity contribution in [3.63, 3.8) is 0 Å². The van der Waals surface area contributed by atoms with E-state index < -0.39 is 0 Å². The zero-order chi connectivity index (χ0) is 8.55. The number of nitrogens with one attached hydrogen (secondary N) is 1. The van der Waals surface area contributed by atoms with Crippen molar-refractivity contribution in [2.75, 3.05) is 0 Å². The van der Waals surface area contributed by atoms with Gasteiger partial charge in [-0.3, -0.25) is 4.79 Å². The largest absolute Gasteiger partial charge is 0.343 e. The molecule has 0 amide bonds. The van der Waals surface area contributed by atoms with E-state index in [1.807, 2.05) is 0 Å². The summed E-state index contributed by atoms with van der Waals surface area (Å²) in [4.78, 5) is 21.8. The molecule has 0 saturated carbocycles. The van der Waals surface area contributed by atoms with Crippen LogP contribution in [-0.2, 0) is 0 Å². The molecule has 0 spiro atoms. The summed E-state index contributed by atoms with van der Waals surface area (Å²) in [5.74, 6) is -0.0418. The van der Waals surface area contributed by atoms with Gasteiger partial charge in [0.05, 0.1) is 11.8 Å². The number of aromatic amines is 1. The summed E-state index contributed by atoms with van der Waals surface area (Å²) in [7, 11) is 0. The van der Waals surface area contributed by atoms with Gasteiger partial charge in [0.1, 0.15) is 5.69 Å². The molecule has 0 aliphatic rings. The highest BCUT2D eigenvalue weighted by molar-refractivity contribution is 5.93. The van der Waals surface area contributed by atoms with E-state index in [1.165, 1.54) is 6.92 Å². The minimum atomic E-state index is -0.0418. The highest BCUT2D eigenvalue weighted by atomic mass is 16.1. The Morgan fingerprint density at radius 1 is 1.50 bits per heavy atom. The lowest BCUT2D eigenvalue weighted by Crippen LogP contribution is -1.95. The van der Waals surface area contributed by atoms with E-state index in [0.29, 0.717) is 11.3 Å². The van der Waals surface area contributed by atoms with Crippen molar-refractivity contribution in [1.82, 2.24) is 15.0 Å². The van der Waals surface area contributed by atoms with Gasteiger partial charge in [0, 0.05) is 6.92 Å². The molecule has 0 radical (unpaired) electrons. The number of Topliss-reactive ketones (excluding diaryl/α,β-unsaturated/α-hetero) is 1. The second-order valence-electron chi connectivity index (χ2n) is 2.53. The molecule has 1 N–H and O–H groups in total. The van der Waals surface area contributed by atoms with Gasteiger partial charge >= 0.3 is 0 Å². The molecule has 2 heterocycles. The Labute approximate surface area is 68.7 Å². The minimum Gasteiger partial charge on any atom is -0.343 e. The predicted octanol–water partition coefficient (Wildman–Crippen LogP) is 1.16. The lowest BCUT2D eigenvalue weighted by atomic mass is 10.3. The van der Waals surface area contributed by atoms with Gasteiger partial charge in [0.2, 0.25) is 0 Å². The number of imidazole rings is 1. The lowest BCUT2D eigenvalue weighted by molar-refractivity contribution is 0.101. The standard InChI is InChI=1S/C8H7N3O/c1-5(12)6-2-3-7-8(11-6)10-4-9-7/h2-4H,1H3,(H,9,10,11). The van der Waals surface area contributed by atoms with Crippen LogP contribution in [0.5, 0.6) is 0 Å². The van der Waals surface area contributed by atoms with Crippen molar-refractivity contribution in [2.45, 2.75) is 6.92 Å². The summed E-state index contributed by atoms with van der Waals surface area (Å²) in [6.07, 6.45) is 1.56. The third kappa shape index (κ3) is 0.972. The highest BCUT2D eigenvalue weighted by Gasteiger charge is 2.02. The number of ketones is 1. The molecule has 4 nitrogen and oxygen atoms in total. The first kappa shape index (κ1) is 6.97. The van der Waals surface area contributed by atoms with Crippen LogP contribution >= 0.6 is 0 Å². The number of nitrogens with zero attached hydrogens (tertiary/aromatic N) is 2. The van der Waals surface area contributed by atoms with Crippen molar-refractivity contribution in [2.24, 2.45) is 0 Å². The zero-order valence-electron chi connectivity index (χ0n) is 6.53. The average molecular weight is 161 g/mol. The fourth-order valence-electron chi connectivity index (χ4n) is 1.02. The molecular weight excluding hydrogens is 154 g/mol. The number of carbonyl (C=O) groups excluding carboxylic acids is 1. The minimum absolute atomic E-state index is 0.0418. The molecule has 4 heteroatoms. The van der Waals surface area contributed by atoms with E-state index >= 15 is 0 Å². The van der Waals surface area contributed by atoms with Crippen LogP contribution in [0.1, 0.15) is 17.4 Å². The molecule has 0 aliphatic heterocycles. The molecule has 2 aromatic heterocycles. The van der Waals surface area contributed by atoms with Crippen molar-refractivity contribution >= 4 is 16.9 Å². The van der Waals surface area contributed by atoms with Gasteiger partial charge in [-0.25, -0.2) is 9.97 Å². The number of hydrogen-bond donors (Lipinski definition) is 1. The van der Waals surface area contributed by atoms with Crippen LogP contribution in [0.4, 0.5) is 0 Å². The van der Waals surface area contributed by atoms with Crippen molar-refractivity contribution in [1.29, 1.82) is 0 Å². The van der Waals surface area contributed by atoms with Gasteiger partial charge in [-0.15, -0.1) is 0 Å². The summed E-state index contributed by atoms with van der Waals surface area (Å²) in [5.41, 5.74) is 1.89. The monoisotopic (exact) mass is 161 g/mol. The van der Waals surface area contributed by atoms with Gasteiger partial charge in [0.15, 0.2) is 11.4 Å². The zero-order valence-corrected chi connectivity index (χ0v) is 6.53. The highest BCUT2D eigenvalue weighted by Crippen LogP contribution is 2.06. The molecule has 0 bridgehead atoms. The second-order valence-corrected chi connectivity index (χ2v) is 2.53. The van der Waals surface area contributed by atoms with E-state index in [0.717, 1.165) is 5.52 Å². The first-order chi connectivity index (χ1) is 5.77. The summed E-state index contributed by atoms with van der Waals surface area (Å²) in [6, 6.07) is 3.48. The Morgan fingerprint density at radius 2 is 2.33 bits per heavy atom. The van der Waals surface area contributed by atoms with Gasteiger partial charge in [-0.2, -0.15) is 0 Å². The van der Waals surface area contributed by atoms with Crippen molar-refractivity contribution in [3.8, 4) is 0 Å². The third-order valence-electron chi connectivity index (χ3n) is 1.64. The fourth-order valence-corrected chi connectivity index (χ4v) is 1.02. The molecule has 0 unspecified atom stereocenters. The van der Waals surface area contributed by atoms with Gasteiger partial charge < -0.3 is 4.98 Å². The van der Waals surface area contributed by atoms with Gasteiger partial charge in [0.25, 0.3) is 0 Å². The van der Waals surface area contributed by atoms with Crippen LogP contribution < -0.4 is 0 Å². The predicted molar refractivity (Wildman–Crippen MR) is 43.9 cm³/mol. The second kappa shape index (κ2) is 2.41. The maximum atomic E-state index is 10.9. The normalized spacial score (nSPS) is 10.4. The number of aromatic nitrogens is 3. The van der Waals surface area contributed by atoms with Gasteiger partial charge in [-0.1, -0.05) is 0 Å². The number of pyridine rings is 1. The molecule has 60 valence electrons.